The quantitative estimate of drug-likeness (QED) is 0.802. The second-order valence-electron chi connectivity index (χ2n) is 3.76. The number of amides is 1. The summed E-state index contributed by atoms with van der Waals surface area (Å²) in [6.07, 6.45) is 3.68. The molecule has 1 amide bonds. The molecule has 2 rings (SSSR count). The Morgan fingerprint density at radius 1 is 1.60 bits per heavy atom. The number of nitrogens with one attached hydrogen (secondary N) is 1. The molecule has 1 aromatic rings. The Morgan fingerprint density at radius 2 is 2.33 bits per heavy atom. The number of pyridine rings is 1. The van der Waals surface area contributed by atoms with Crippen LogP contribution in [0.3, 0.4) is 0 Å². The Hall–Kier alpha value is -1.58. The van der Waals surface area contributed by atoms with Gasteiger partial charge in [-0.05, 0) is 25.8 Å². The van der Waals surface area contributed by atoms with Crippen LogP contribution in [0, 0.1) is 0 Å². The minimum absolute atomic E-state index is 0.0360. The van der Waals surface area contributed by atoms with Crippen molar-refractivity contribution in [3.63, 3.8) is 0 Å². The molecule has 1 aromatic heterocycles. The van der Waals surface area contributed by atoms with Crippen LogP contribution in [0.25, 0.3) is 0 Å². The van der Waals surface area contributed by atoms with E-state index in [1.807, 2.05) is 11.8 Å². The van der Waals surface area contributed by atoms with Crippen LogP contribution < -0.4 is 5.56 Å². The Morgan fingerprint density at radius 3 is 2.87 bits per heavy atom. The van der Waals surface area contributed by atoms with Crippen molar-refractivity contribution in [1.82, 2.24) is 9.88 Å². The fourth-order valence-electron chi connectivity index (χ4n) is 1.70. The molecule has 0 atom stereocenters. The van der Waals surface area contributed by atoms with Gasteiger partial charge in [-0.2, -0.15) is 0 Å². The van der Waals surface area contributed by atoms with E-state index in [9.17, 15) is 9.59 Å². The van der Waals surface area contributed by atoms with Gasteiger partial charge in [0.25, 0.3) is 5.91 Å². The third-order valence-corrected chi connectivity index (χ3v) is 2.61. The first-order valence-corrected chi connectivity index (χ1v) is 5.22. The lowest BCUT2D eigenvalue weighted by atomic mass is 10.2. The second-order valence-corrected chi connectivity index (χ2v) is 3.76. The molecule has 1 aliphatic rings. The van der Waals surface area contributed by atoms with Crippen molar-refractivity contribution >= 4 is 5.91 Å². The maximum atomic E-state index is 12.0. The van der Waals surface area contributed by atoms with Gasteiger partial charge < -0.3 is 9.88 Å². The summed E-state index contributed by atoms with van der Waals surface area (Å²) in [6, 6.07) is 3.39. The van der Waals surface area contributed by atoms with Crippen LogP contribution >= 0.6 is 0 Å². The van der Waals surface area contributed by atoms with Crippen molar-refractivity contribution in [3.8, 4) is 0 Å². The van der Waals surface area contributed by atoms with Crippen LogP contribution in [0.5, 0.6) is 0 Å². The Kier molecular flexibility index (Phi) is 2.58. The predicted octanol–water partition coefficient (Wildman–Crippen LogP) is 0.999. The highest BCUT2D eigenvalue weighted by Crippen LogP contribution is 2.27. The average Bonchev–Trinajstić information content (AvgIpc) is 3.03. The van der Waals surface area contributed by atoms with E-state index in [1.165, 1.54) is 12.3 Å². The predicted molar refractivity (Wildman–Crippen MR) is 56.8 cm³/mol. The van der Waals surface area contributed by atoms with E-state index in [0.29, 0.717) is 18.2 Å². The zero-order valence-electron chi connectivity index (χ0n) is 8.69. The molecule has 80 valence electrons. The molecule has 0 spiro atoms. The summed E-state index contributed by atoms with van der Waals surface area (Å²) in [5.41, 5.74) is 0.250. The highest BCUT2D eigenvalue weighted by atomic mass is 16.2. The first-order chi connectivity index (χ1) is 7.22. The van der Waals surface area contributed by atoms with Crippen LogP contribution in [-0.4, -0.2) is 28.4 Å². The summed E-state index contributed by atoms with van der Waals surface area (Å²) >= 11 is 0. The van der Waals surface area contributed by atoms with E-state index in [0.717, 1.165) is 12.8 Å². The standard InChI is InChI=1S/C11H14N2O2/c1-2-13(9-3-4-9)11(15)8-5-6-12-10(14)7-8/h5-7,9H,2-4H2,1H3,(H,12,14). The summed E-state index contributed by atoms with van der Waals surface area (Å²) in [4.78, 5) is 27.4. The van der Waals surface area contributed by atoms with Crippen molar-refractivity contribution in [1.29, 1.82) is 0 Å². The van der Waals surface area contributed by atoms with Crippen molar-refractivity contribution in [2.75, 3.05) is 6.54 Å². The van der Waals surface area contributed by atoms with E-state index < -0.39 is 0 Å². The summed E-state index contributed by atoms with van der Waals surface area (Å²) in [7, 11) is 0. The lowest BCUT2D eigenvalue weighted by molar-refractivity contribution is 0.0752. The molecule has 0 bridgehead atoms. The minimum Gasteiger partial charge on any atom is -0.336 e. The van der Waals surface area contributed by atoms with Gasteiger partial charge in [-0.25, -0.2) is 0 Å². The van der Waals surface area contributed by atoms with Crippen LogP contribution in [0.4, 0.5) is 0 Å². The van der Waals surface area contributed by atoms with E-state index in [-0.39, 0.29) is 11.5 Å². The number of aromatic nitrogens is 1. The van der Waals surface area contributed by atoms with Gasteiger partial charge in [0.05, 0.1) is 0 Å². The fourth-order valence-corrected chi connectivity index (χ4v) is 1.70. The Bertz CT molecular complexity index is 421. The molecule has 0 aliphatic heterocycles. The van der Waals surface area contributed by atoms with Crippen LogP contribution in [0.1, 0.15) is 30.1 Å². The monoisotopic (exact) mass is 206 g/mol. The summed E-state index contributed by atoms with van der Waals surface area (Å²) in [5.74, 6) is -0.0360. The highest BCUT2D eigenvalue weighted by Gasteiger charge is 2.31. The van der Waals surface area contributed by atoms with Crippen LogP contribution in [0.15, 0.2) is 23.1 Å². The van der Waals surface area contributed by atoms with Crippen molar-refractivity contribution in [3.05, 3.63) is 34.2 Å². The van der Waals surface area contributed by atoms with Gasteiger partial charge in [0.15, 0.2) is 0 Å². The zero-order valence-corrected chi connectivity index (χ0v) is 8.69. The van der Waals surface area contributed by atoms with Crippen LogP contribution in [0.2, 0.25) is 0 Å². The van der Waals surface area contributed by atoms with E-state index in [4.69, 9.17) is 0 Å². The highest BCUT2D eigenvalue weighted by molar-refractivity contribution is 5.94. The molecular weight excluding hydrogens is 192 g/mol. The number of hydrogen-bond donors (Lipinski definition) is 1. The molecule has 4 heteroatoms. The van der Waals surface area contributed by atoms with Gasteiger partial charge in [-0.15, -0.1) is 0 Å². The molecule has 0 radical (unpaired) electrons. The maximum Gasteiger partial charge on any atom is 0.254 e. The van der Waals surface area contributed by atoms with Crippen molar-refractivity contribution < 1.29 is 4.79 Å². The van der Waals surface area contributed by atoms with Gasteiger partial charge in [0.2, 0.25) is 5.56 Å². The van der Waals surface area contributed by atoms with E-state index in [1.54, 1.807) is 6.07 Å². The third-order valence-electron chi connectivity index (χ3n) is 2.61. The molecule has 4 nitrogen and oxygen atoms in total. The van der Waals surface area contributed by atoms with Gasteiger partial charge in [0, 0.05) is 30.4 Å². The average molecular weight is 206 g/mol. The largest absolute Gasteiger partial charge is 0.336 e. The number of H-pyrrole nitrogens is 1. The molecule has 1 N–H and O–H groups in total. The summed E-state index contributed by atoms with van der Waals surface area (Å²) in [5, 5.41) is 0. The van der Waals surface area contributed by atoms with E-state index in [2.05, 4.69) is 4.98 Å². The van der Waals surface area contributed by atoms with Gasteiger partial charge in [-0.1, -0.05) is 0 Å². The second kappa shape index (κ2) is 3.88. The molecule has 1 fully saturated rings. The number of hydrogen-bond acceptors (Lipinski definition) is 2. The molecule has 1 heterocycles. The van der Waals surface area contributed by atoms with Crippen molar-refractivity contribution in [2.45, 2.75) is 25.8 Å². The lowest BCUT2D eigenvalue weighted by Gasteiger charge is -2.19. The maximum absolute atomic E-state index is 12.0. The first kappa shape index (κ1) is 9.96. The number of carbonyl (C=O) groups excluding carboxylic acids is 1. The Balaban J connectivity index is 2.22. The van der Waals surface area contributed by atoms with Gasteiger partial charge in [-0.3, -0.25) is 9.59 Å². The van der Waals surface area contributed by atoms with Gasteiger partial charge >= 0.3 is 0 Å². The van der Waals surface area contributed by atoms with Gasteiger partial charge in [0.1, 0.15) is 0 Å². The van der Waals surface area contributed by atoms with E-state index >= 15 is 0 Å². The zero-order chi connectivity index (χ0) is 10.8. The minimum atomic E-state index is -0.229. The molecule has 15 heavy (non-hydrogen) atoms. The molecule has 1 aliphatic carbocycles. The molecular formula is C11H14N2O2. The normalized spacial score (nSPS) is 15.0. The lowest BCUT2D eigenvalue weighted by Crippen LogP contribution is -2.33. The smallest absolute Gasteiger partial charge is 0.254 e. The summed E-state index contributed by atoms with van der Waals surface area (Å²) in [6.45, 7) is 2.67. The molecule has 0 unspecified atom stereocenters. The SMILES string of the molecule is CCN(C(=O)c1cc[nH]c(=O)c1)C1CC1. The molecule has 1 saturated carbocycles. The number of aromatic amines is 1. The Labute approximate surface area is 87.9 Å². The number of rotatable bonds is 3. The molecule has 0 aromatic carbocycles. The number of nitrogens with zero attached hydrogens (tertiary/aromatic N) is 1. The topological polar surface area (TPSA) is 53.2 Å². The molecule has 0 saturated heterocycles. The third kappa shape index (κ3) is 2.09. The fraction of sp³-hybridized carbons (Fsp3) is 0.455. The van der Waals surface area contributed by atoms with Crippen molar-refractivity contribution in [2.24, 2.45) is 0 Å². The number of carbonyl (C=O) groups is 1. The first-order valence-electron chi connectivity index (χ1n) is 5.22. The summed E-state index contributed by atoms with van der Waals surface area (Å²) < 4.78 is 0. The van der Waals surface area contributed by atoms with Crippen LogP contribution in [-0.2, 0) is 0 Å².